The third-order valence-corrected chi connectivity index (χ3v) is 4.38. The quantitative estimate of drug-likeness (QED) is 0.860. The van der Waals surface area contributed by atoms with Crippen LogP contribution in [-0.4, -0.2) is 11.9 Å². The maximum atomic E-state index is 11.8. The van der Waals surface area contributed by atoms with Gasteiger partial charge in [-0.25, -0.2) is 0 Å². The average molecular weight is 258 g/mol. The molecule has 1 aromatic rings. The second-order valence-corrected chi connectivity index (χ2v) is 6.25. The first kappa shape index (κ1) is 11.9. The van der Waals surface area contributed by atoms with E-state index in [0.717, 1.165) is 18.8 Å². The lowest BCUT2D eigenvalue weighted by atomic mass is 9.87. The van der Waals surface area contributed by atoms with Gasteiger partial charge in [-0.3, -0.25) is 4.79 Å². The van der Waals surface area contributed by atoms with Crippen LogP contribution >= 0.6 is 22.9 Å². The summed E-state index contributed by atoms with van der Waals surface area (Å²) in [5, 5.41) is 3.08. The van der Waals surface area contributed by atoms with E-state index in [4.69, 9.17) is 11.6 Å². The summed E-state index contributed by atoms with van der Waals surface area (Å²) in [7, 11) is 0. The molecule has 88 valence electrons. The molecule has 0 atom stereocenters. The predicted molar refractivity (Wildman–Crippen MR) is 68.2 cm³/mol. The highest BCUT2D eigenvalue weighted by Gasteiger charge is 2.20. The molecule has 0 aromatic carbocycles. The molecule has 1 fully saturated rings. The zero-order valence-electron chi connectivity index (χ0n) is 9.33. The van der Waals surface area contributed by atoms with E-state index in [9.17, 15) is 4.79 Å². The van der Waals surface area contributed by atoms with Crippen molar-refractivity contribution in [2.45, 2.75) is 38.6 Å². The van der Waals surface area contributed by atoms with Crippen molar-refractivity contribution >= 4 is 28.8 Å². The zero-order valence-corrected chi connectivity index (χ0v) is 10.9. The van der Waals surface area contributed by atoms with Crippen molar-refractivity contribution < 1.29 is 4.79 Å². The minimum atomic E-state index is 0.0245. The normalized spacial score (nSPS) is 25.4. The van der Waals surface area contributed by atoms with E-state index in [-0.39, 0.29) is 5.91 Å². The van der Waals surface area contributed by atoms with Crippen LogP contribution in [0, 0.1) is 5.92 Å². The smallest absolute Gasteiger partial charge is 0.261 e. The summed E-state index contributed by atoms with van der Waals surface area (Å²) in [5.74, 6) is 0.834. The molecule has 2 rings (SSSR count). The Balaban J connectivity index is 1.88. The Morgan fingerprint density at radius 3 is 2.62 bits per heavy atom. The molecule has 0 bridgehead atoms. The summed E-state index contributed by atoms with van der Waals surface area (Å²) in [6.07, 6.45) is 4.64. The number of hydrogen-bond acceptors (Lipinski definition) is 2. The summed E-state index contributed by atoms with van der Waals surface area (Å²) in [5.41, 5.74) is 0. The minimum Gasteiger partial charge on any atom is -0.349 e. The second kappa shape index (κ2) is 5.19. The number of thiophene rings is 1. The standard InChI is InChI=1S/C12H16ClNOS/c1-8-2-4-9(5-3-8)14-12(15)10-6-7-11(13)16-10/h6-9H,2-5H2,1H3,(H,14,15). The zero-order chi connectivity index (χ0) is 11.5. The molecule has 1 aliphatic rings. The van der Waals surface area contributed by atoms with E-state index < -0.39 is 0 Å². The van der Waals surface area contributed by atoms with Gasteiger partial charge in [0.25, 0.3) is 5.91 Å². The molecule has 1 heterocycles. The predicted octanol–water partition coefficient (Wildman–Crippen LogP) is 3.71. The fourth-order valence-electron chi connectivity index (χ4n) is 2.10. The van der Waals surface area contributed by atoms with Crippen molar-refractivity contribution in [2.75, 3.05) is 0 Å². The maximum Gasteiger partial charge on any atom is 0.261 e. The molecular formula is C12H16ClNOS. The molecule has 2 nitrogen and oxygen atoms in total. The molecule has 0 aliphatic heterocycles. The molecule has 1 aliphatic carbocycles. The molecule has 0 radical (unpaired) electrons. The van der Waals surface area contributed by atoms with Crippen molar-refractivity contribution in [3.05, 3.63) is 21.3 Å². The van der Waals surface area contributed by atoms with Gasteiger partial charge in [-0.2, -0.15) is 0 Å². The molecule has 0 saturated heterocycles. The van der Waals surface area contributed by atoms with Crippen LogP contribution in [0.5, 0.6) is 0 Å². The lowest BCUT2D eigenvalue weighted by Gasteiger charge is -2.26. The molecule has 16 heavy (non-hydrogen) atoms. The average Bonchev–Trinajstić information content (AvgIpc) is 2.68. The topological polar surface area (TPSA) is 29.1 Å². The van der Waals surface area contributed by atoms with E-state index in [1.165, 1.54) is 24.2 Å². The number of rotatable bonds is 2. The van der Waals surface area contributed by atoms with Crippen molar-refractivity contribution in [3.8, 4) is 0 Å². The first-order valence-corrected chi connectivity index (χ1v) is 6.91. The van der Waals surface area contributed by atoms with Crippen LogP contribution < -0.4 is 5.32 Å². The van der Waals surface area contributed by atoms with Crippen molar-refractivity contribution in [1.82, 2.24) is 5.32 Å². The molecular weight excluding hydrogens is 242 g/mol. The molecule has 0 spiro atoms. The first-order chi connectivity index (χ1) is 7.65. The molecule has 1 saturated carbocycles. The summed E-state index contributed by atoms with van der Waals surface area (Å²) < 4.78 is 0.669. The number of hydrogen-bond donors (Lipinski definition) is 1. The fraction of sp³-hybridized carbons (Fsp3) is 0.583. The van der Waals surface area contributed by atoms with Gasteiger partial charge in [0, 0.05) is 6.04 Å². The van der Waals surface area contributed by atoms with E-state index in [2.05, 4.69) is 12.2 Å². The summed E-state index contributed by atoms with van der Waals surface area (Å²) in [4.78, 5) is 12.6. The number of carbonyl (C=O) groups is 1. The van der Waals surface area contributed by atoms with Crippen LogP contribution in [-0.2, 0) is 0 Å². The van der Waals surface area contributed by atoms with Gasteiger partial charge in [-0.05, 0) is 43.7 Å². The number of amides is 1. The highest BCUT2D eigenvalue weighted by atomic mass is 35.5. The molecule has 0 unspecified atom stereocenters. The molecule has 1 aromatic heterocycles. The molecule has 4 heteroatoms. The SMILES string of the molecule is CC1CCC(NC(=O)c2ccc(Cl)s2)CC1. The Morgan fingerprint density at radius 1 is 1.38 bits per heavy atom. The fourth-order valence-corrected chi connectivity index (χ4v) is 3.04. The Labute approximate surface area is 105 Å². The van der Waals surface area contributed by atoms with E-state index in [1.54, 1.807) is 12.1 Å². The third-order valence-electron chi connectivity index (χ3n) is 3.15. The number of carbonyl (C=O) groups excluding carboxylic acids is 1. The Hall–Kier alpha value is -0.540. The first-order valence-electron chi connectivity index (χ1n) is 5.71. The van der Waals surface area contributed by atoms with Gasteiger partial charge in [0.05, 0.1) is 9.21 Å². The Kier molecular flexibility index (Phi) is 3.87. The highest BCUT2D eigenvalue weighted by molar-refractivity contribution is 7.17. The van der Waals surface area contributed by atoms with Gasteiger partial charge in [0.2, 0.25) is 0 Å². The van der Waals surface area contributed by atoms with Crippen molar-refractivity contribution in [1.29, 1.82) is 0 Å². The minimum absolute atomic E-state index is 0.0245. The van der Waals surface area contributed by atoms with Crippen LogP contribution in [0.3, 0.4) is 0 Å². The van der Waals surface area contributed by atoms with Gasteiger partial charge in [0.15, 0.2) is 0 Å². The lowest BCUT2D eigenvalue weighted by molar-refractivity contribution is 0.0927. The second-order valence-electron chi connectivity index (χ2n) is 4.53. The molecule has 1 amide bonds. The van der Waals surface area contributed by atoms with Gasteiger partial charge >= 0.3 is 0 Å². The van der Waals surface area contributed by atoms with Crippen molar-refractivity contribution in [3.63, 3.8) is 0 Å². The Bertz CT molecular complexity index is 369. The highest BCUT2D eigenvalue weighted by Crippen LogP contribution is 2.25. The summed E-state index contributed by atoms with van der Waals surface area (Å²) >= 11 is 7.14. The van der Waals surface area contributed by atoms with Crippen LogP contribution in [0.4, 0.5) is 0 Å². The van der Waals surface area contributed by atoms with Gasteiger partial charge in [0.1, 0.15) is 0 Å². The third kappa shape index (κ3) is 2.98. The lowest BCUT2D eigenvalue weighted by Crippen LogP contribution is -2.36. The van der Waals surface area contributed by atoms with Gasteiger partial charge in [-0.15, -0.1) is 11.3 Å². The summed E-state index contributed by atoms with van der Waals surface area (Å²) in [6, 6.07) is 3.90. The monoisotopic (exact) mass is 257 g/mol. The van der Waals surface area contributed by atoms with Crippen LogP contribution in [0.2, 0.25) is 4.34 Å². The van der Waals surface area contributed by atoms with Crippen LogP contribution in [0.1, 0.15) is 42.3 Å². The number of nitrogens with one attached hydrogen (secondary N) is 1. The van der Waals surface area contributed by atoms with Crippen molar-refractivity contribution in [2.24, 2.45) is 5.92 Å². The van der Waals surface area contributed by atoms with Crippen LogP contribution in [0.25, 0.3) is 0 Å². The van der Waals surface area contributed by atoms with Crippen LogP contribution in [0.15, 0.2) is 12.1 Å². The molecule has 1 N–H and O–H groups in total. The van der Waals surface area contributed by atoms with Gasteiger partial charge < -0.3 is 5.32 Å². The van der Waals surface area contributed by atoms with E-state index in [0.29, 0.717) is 15.3 Å². The van der Waals surface area contributed by atoms with Gasteiger partial charge in [-0.1, -0.05) is 18.5 Å². The number of halogens is 1. The van der Waals surface area contributed by atoms with E-state index in [1.807, 2.05) is 0 Å². The summed E-state index contributed by atoms with van der Waals surface area (Å²) in [6.45, 7) is 2.27. The maximum absolute atomic E-state index is 11.8. The largest absolute Gasteiger partial charge is 0.349 e. The van der Waals surface area contributed by atoms with E-state index >= 15 is 0 Å². The Morgan fingerprint density at radius 2 is 2.06 bits per heavy atom.